The first-order valence-corrected chi connectivity index (χ1v) is 3.20. The minimum absolute atomic E-state index is 0.651. The van der Waals surface area contributed by atoms with Gasteiger partial charge in [0, 0.05) is 6.61 Å². The molecule has 0 bridgehead atoms. The first-order valence-electron chi connectivity index (χ1n) is 3.20. The zero-order chi connectivity index (χ0) is 6.41. The van der Waals surface area contributed by atoms with Gasteiger partial charge in [-0.3, -0.25) is 0 Å². The first-order chi connectivity index (χ1) is 3.77. The van der Waals surface area contributed by atoms with Gasteiger partial charge in [0.2, 0.25) is 0 Å². The minimum Gasteiger partial charge on any atom is -0.375 e. The molecule has 0 aromatic rings. The van der Waals surface area contributed by atoms with Crippen LogP contribution in [0.3, 0.4) is 0 Å². The summed E-state index contributed by atoms with van der Waals surface area (Å²) < 4.78 is 5.12. The van der Waals surface area contributed by atoms with Gasteiger partial charge < -0.3 is 4.74 Å². The summed E-state index contributed by atoms with van der Waals surface area (Å²) in [6, 6.07) is 0. The van der Waals surface area contributed by atoms with Crippen LogP contribution in [0, 0.1) is 12.5 Å². The summed E-state index contributed by atoms with van der Waals surface area (Å²) in [4.78, 5) is 0. The molecule has 0 saturated heterocycles. The molecular formula is C7H15O. The van der Waals surface area contributed by atoms with Crippen LogP contribution in [0.4, 0.5) is 0 Å². The van der Waals surface area contributed by atoms with Crippen molar-refractivity contribution in [2.75, 3.05) is 6.61 Å². The molecule has 0 fully saturated rings. The standard InChI is InChI=1S/C7H15O/c1-4-5-8-6-7(2)3/h5,7H,4,6H2,1-3H3. The molecule has 0 amide bonds. The molecule has 0 aromatic heterocycles. The van der Waals surface area contributed by atoms with E-state index in [9.17, 15) is 0 Å². The topological polar surface area (TPSA) is 9.23 Å². The summed E-state index contributed by atoms with van der Waals surface area (Å²) in [5.74, 6) is 0.651. The Hall–Kier alpha value is -0.0400. The highest BCUT2D eigenvalue weighted by Crippen LogP contribution is 1.95. The molecule has 1 radical (unpaired) electrons. The van der Waals surface area contributed by atoms with Crippen molar-refractivity contribution in [1.82, 2.24) is 0 Å². The maximum atomic E-state index is 5.12. The molecule has 0 atom stereocenters. The molecule has 0 aliphatic carbocycles. The van der Waals surface area contributed by atoms with Gasteiger partial charge in [-0.1, -0.05) is 20.8 Å². The largest absolute Gasteiger partial charge is 0.375 e. The fourth-order valence-electron chi connectivity index (χ4n) is 0.378. The normalized spacial score (nSPS) is 10.5. The zero-order valence-corrected chi connectivity index (χ0v) is 5.98. The van der Waals surface area contributed by atoms with E-state index in [0.717, 1.165) is 13.0 Å². The van der Waals surface area contributed by atoms with Crippen LogP contribution in [-0.2, 0) is 4.74 Å². The highest BCUT2D eigenvalue weighted by Gasteiger charge is 1.90. The van der Waals surface area contributed by atoms with E-state index in [1.54, 1.807) is 0 Å². The lowest BCUT2D eigenvalue weighted by Crippen LogP contribution is -1.98. The molecule has 0 aliphatic rings. The van der Waals surface area contributed by atoms with E-state index in [2.05, 4.69) is 20.8 Å². The van der Waals surface area contributed by atoms with E-state index in [-0.39, 0.29) is 0 Å². The van der Waals surface area contributed by atoms with Crippen LogP contribution < -0.4 is 0 Å². The number of rotatable bonds is 4. The van der Waals surface area contributed by atoms with Crippen molar-refractivity contribution in [2.45, 2.75) is 27.2 Å². The summed E-state index contributed by atoms with van der Waals surface area (Å²) in [6.45, 7) is 9.06. The molecule has 1 nitrogen and oxygen atoms in total. The Kier molecular flexibility index (Phi) is 5.08. The lowest BCUT2D eigenvalue weighted by Gasteiger charge is -2.02. The Morgan fingerprint density at radius 1 is 1.50 bits per heavy atom. The SMILES string of the molecule is CC[CH]OCC(C)C. The third kappa shape index (κ3) is 5.96. The second kappa shape index (κ2) is 5.10. The molecule has 1 heteroatoms. The molecule has 0 unspecified atom stereocenters. The van der Waals surface area contributed by atoms with Crippen molar-refractivity contribution in [1.29, 1.82) is 0 Å². The molecule has 0 aliphatic heterocycles. The predicted molar refractivity (Wildman–Crippen MR) is 35.4 cm³/mol. The summed E-state index contributed by atoms with van der Waals surface area (Å²) in [5.41, 5.74) is 0. The summed E-state index contributed by atoms with van der Waals surface area (Å²) in [5, 5.41) is 0. The quantitative estimate of drug-likeness (QED) is 0.510. The molecule has 0 aromatic carbocycles. The third-order valence-corrected chi connectivity index (χ3v) is 0.714. The van der Waals surface area contributed by atoms with E-state index in [4.69, 9.17) is 4.74 Å². The number of ether oxygens (including phenoxy) is 1. The van der Waals surface area contributed by atoms with Gasteiger partial charge in [0.25, 0.3) is 0 Å². The second-order valence-corrected chi connectivity index (χ2v) is 2.30. The van der Waals surface area contributed by atoms with Gasteiger partial charge in [0.15, 0.2) is 0 Å². The van der Waals surface area contributed by atoms with E-state index < -0.39 is 0 Å². The summed E-state index contributed by atoms with van der Waals surface area (Å²) in [7, 11) is 0. The van der Waals surface area contributed by atoms with Crippen LogP contribution in [0.15, 0.2) is 0 Å². The van der Waals surface area contributed by atoms with E-state index in [0.29, 0.717) is 5.92 Å². The van der Waals surface area contributed by atoms with E-state index in [1.165, 1.54) is 0 Å². The van der Waals surface area contributed by atoms with Crippen LogP contribution in [0.1, 0.15) is 27.2 Å². The molecule has 49 valence electrons. The fraction of sp³-hybridized carbons (Fsp3) is 0.857. The summed E-state index contributed by atoms with van der Waals surface area (Å²) in [6.07, 6.45) is 1.01. The highest BCUT2D eigenvalue weighted by atomic mass is 16.5. The second-order valence-electron chi connectivity index (χ2n) is 2.30. The van der Waals surface area contributed by atoms with Crippen molar-refractivity contribution in [3.8, 4) is 0 Å². The van der Waals surface area contributed by atoms with Crippen LogP contribution in [0.5, 0.6) is 0 Å². The maximum absolute atomic E-state index is 5.12. The monoisotopic (exact) mass is 115 g/mol. The van der Waals surface area contributed by atoms with E-state index >= 15 is 0 Å². The Morgan fingerprint density at radius 3 is 2.50 bits per heavy atom. The molecule has 8 heavy (non-hydrogen) atoms. The predicted octanol–water partition coefficient (Wildman–Crippen LogP) is 2.23. The minimum atomic E-state index is 0.651. The van der Waals surface area contributed by atoms with Crippen LogP contribution in [-0.4, -0.2) is 6.61 Å². The average molecular weight is 115 g/mol. The Bertz CT molecular complexity index is 41.7. The molecular weight excluding hydrogens is 100 g/mol. The van der Waals surface area contributed by atoms with Crippen LogP contribution in [0.25, 0.3) is 0 Å². The third-order valence-electron chi connectivity index (χ3n) is 0.714. The smallest absolute Gasteiger partial charge is 0.0834 e. The van der Waals surface area contributed by atoms with Crippen molar-refractivity contribution >= 4 is 0 Å². The van der Waals surface area contributed by atoms with Gasteiger partial charge in [-0.2, -0.15) is 0 Å². The van der Waals surface area contributed by atoms with Crippen LogP contribution >= 0.6 is 0 Å². The molecule has 0 N–H and O–H groups in total. The van der Waals surface area contributed by atoms with Gasteiger partial charge in [0.05, 0.1) is 6.61 Å². The maximum Gasteiger partial charge on any atom is 0.0834 e. The van der Waals surface area contributed by atoms with E-state index in [1.807, 2.05) is 6.61 Å². The number of hydrogen-bond acceptors (Lipinski definition) is 1. The van der Waals surface area contributed by atoms with Gasteiger partial charge in [-0.15, -0.1) is 0 Å². The Balaban J connectivity index is 2.72. The highest BCUT2D eigenvalue weighted by molar-refractivity contribution is 4.46. The average Bonchev–Trinajstić information content (AvgIpc) is 1.66. The molecule has 0 saturated carbocycles. The van der Waals surface area contributed by atoms with Gasteiger partial charge in [-0.25, -0.2) is 0 Å². The van der Waals surface area contributed by atoms with Gasteiger partial charge in [0.1, 0.15) is 0 Å². The van der Waals surface area contributed by atoms with Crippen LogP contribution in [0.2, 0.25) is 0 Å². The van der Waals surface area contributed by atoms with Crippen molar-refractivity contribution in [2.24, 2.45) is 5.92 Å². The van der Waals surface area contributed by atoms with Crippen molar-refractivity contribution in [3.05, 3.63) is 6.61 Å². The summed E-state index contributed by atoms with van der Waals surface area (Å²) >= 11 is 0. The van der Waals surface area contributed by atoms with Crippen molar-refractivity contribution < 1.29 is 4.74 Å². The lowest BCUT2D eigenvalue weighted by atomic mass is 10.2. The molecule has 0 heterocycles. The number of hydrogen-bond donors (Lipinski definition) is 0. The van der Waals surface area contributed by atoms with Crippen molar-refractivity contribution in [3.63, 3.8) is 0 Å². The zero-order valence-electron chi connectivity index (χ0n) is 5.98. The first kappa shape index (κ1) is 7.96. The lowest BCUT2D eigenvalue weighted by molar-refractivity contribution is 0.164. The molecule has 0 spiro atoms. The fourth-order valence-corrected chi connectivity index (χ4v) is 0.378. The van der Waals surface area contributed by atoms with Gasteiger partial charge in [-0.05, 0) is 12.3 Å². The van der Waals surface area contributed by atoms with Gasteiger partial charge >= 0.3 is 0 Å². The Labute approximate surface area is 52.0 Å². The molecule has 0 rings (SSSR count). The Morgan fingerprint density at radius 2 is 2.12 bits per heavy atom.